The maximum absolute atomic E-state index is 15.3. The maximum Gasteiger partial charge on any atom is 0.258 e. The third-order valence-corrected chi connectivity index (χ3v) is 6.83. The molecule has 2 aromatic rings. The van der Waals surface area contributed by atoms with Gasteiger partial charge in [0.1, 0.15) is 30.3 Å². The standard InChI is InChI=1S/C30H33F2N5O3/c1-6-25(38)37(5)9-10-40-27-26(34-16-35-28(27)33)21-12-20(31)13-24(17(21)2)36-29(39)22-15-30(3,4)14-19(11-23(22)32)18-7-8-18/h6,11-16,18H,1,7-10H2,2-5H3,(H,36,39)(H2,33,34,35). The number of nitrogens with one attached hydrogen (secondary N) is 1. The normalized spacial score (nSPS) is 16.2. The number of nitrogens with zero attached hydrogens (tertiary/aromatic N) is 3. The molecule has 1 aromatic carbocycles. The van der Waals surface area contributed by atoms with E-state index in [0.717, 1.165) is 24.5 Å². The summed E-state index contributed by atoms with van der Waals surface area (Å²) < 4.78 is 36.0. The number of allylic oxidation sites excluding steroid dienone is 4. The van der Waals surface area contributed by atoms with E-state index in [1.807, 2.05) is 19.9 Å². The Morgan fingerprint density at radius 2 is 1.98 bits per heavy atom. The number of anilines is 2. The summed E-state index contributed by atoms with van der Waals surface area (Å²) in [4.78, 5) is 34.7. The fourth-order valence-electron chi connectivity index (χ4n) is 4.52. The zero-order chi connectivity index (χ0) is 29.2. The van der Waals surface area contributed by atoms with E-state index in [4.69, 9.17) is 10.5 Å². The third kappa shape index (κ3) is 6.44. The minimum Gasteiger partial charge on any atom is -0.486 e. The Labute approximate surface area is 232 Å². The van der Waals surface area contributed by atoms with E-state index in [2.05, 4.69) is 21.9 Å². The third-order valence-electron chi connectivity index (χ3n) is 6.83. The van der Waals surface area contributed by atoms with E-state index in [9.17, 15) is 14.0 Å². The van der Waals surface area contributed by atoms with Crippen LogP contribution in [-0.2, 0) is 9.59 Å². The van der Waals surface area contributed by atoms with E-state index in [-0.39, 0.29) is 47.6 Å². The molecule has 1 fully saturated rings. The van der Waals surface area contributed by atoms with Crippen molar-refractivity contribution in [2.75, 3.05) is 31.2 Å². The minimum absolute atomic E-state index is 0.0222. The number of likely N-dealkylation sites (N-methyl/N-ethyl adjacent to an activating group) is 1. The van der Waals surface area contributed by atoms with Gasteiger partial charge >= 0.3 is 0 Å². The minimum atomic E-state index is -0.694. The van der Waals surface area contributed by atoms with Crippen LogP contribution in [0.4, 0.5) is 20.3 Å². The molecule has 8 nitrogen and oxygen atoms in total. The first-order chi connectivity index (χ1) is 18.9. The highest BCUT2D eigenvalue weighted by atomic mass is 19.1. The Hall–Kier alpha value is -4.34. The fraction of sp³-hybridized carbons (Fsp3) is 0.333. The van der Waals surface area contributed by atoms with Crippen LogP contribution in [0.25, 0.3) is 11.3 Å². The van der Waals surface area contributed by atoms with Crippen molar-refractivity contribution in [2.24, 2.45) is 11.3 Å². The number of carbonyl (C=O) groups excluding carboxylic acids is 2. The first kappa shape index (κ1) is 28.7. The number of ether oxygens (including phenoxy) is 1. The number of aromatic nitrogens is 2. The van der Waals surface area contributed by atoms with E-state index in [1.165, 1.54) is 29.4 Å². The molecule has 2 aliphatic carbocycles. The number of nitrogens with two attached hydrogens (primary N) is 1. The molecular weight excluding hydrogens is 516 g/mol. The molecule has 3 N–H and O–H groups in total. The van der Waals surface area contributed by atoms with Crippen LogP contribution in [0.2, 0.25) is 0 Å². The molecule has 0 radical (unpaired) electrons. The molecule has 0 spiro atoms. The van der Waals surface area contributed by atoms with Crippen LogP contribution in [0.3, 0.4) is 0 Å². The van der Waals surface area contributed by atoms with Gasteiger partial charge in [-0.15, -0.1) is 0 Å². The zero-order valence-electron chi connectivity index (χ0n) is 23.1. The monoisotopic (exact) mass is 549 g/mol. The molecule has 2 aliphatic rings. The number of hydrogen-bond donors (Lipinski definition) is 2. The van der Waals surface area contributed by atoms with Crippen LogP contribution in [0.5, 0.6) is 5.75 Å². The molecule has 1 saturated carbocycles. The van der Waals surface area contributed by atoms with Gasteiger partial charge in [-0.05, 0) is 61.1 Å². The van der Waals surface area contributed by atoms with Crippen molar-refractivity contribution in [3.05, 3.63) is 77.7 Å². The first-order valence-corrected chi connectivity index (χ1v) is 13.0. The van der Waals surface area contributed by atoms with Gasteiger partial charge in [-0.25, -0.2) is 18.7 Å². The van der Waals surface area contributed by atoms with Crippen LogP contribution < -0.4 is 15.8 Å². The van der Waals surface area contributed by atoms with Crippen molar-refractivity contribution >= 4 is 23.3 Å². The van der Waals surface area contributed by atoms with Crippen LogP contribution in [-0.4, -0.2) is 46.9 Å². The summed E-state index contributed by atoms with van der Waals surface area (Å²) in [7, 11) is 1.59. The molecule has 0 atom stereocenters. The smallest absolute Gasteiger partial charge is 0.258 e. The lowest BCUT2D eigenvalue weighted by atomic mass is 9.89. The summed E-state index contributed by atoms with van der Waals surface area (Å²) in [5.74, 6) is -1.81. The topological polar surface area (TPSA) is 110 Å². The molecule has 10 heteroatoms. The predicted octanol–water partition coefficient (Wildman–Crippen LogP) is 5.29. The van der Waals surface area contributed by atoms with Gasteiger partial charge in [0, 0.05) is 23.7 Å². The number of benzene rings is 1. The van der Waals surface area contributed by atoms with Gasteiger partial charge in [0.05, 0.1) is 12.1 Å². The highest BCUT2D eigenvalue weighted by Crippen LogP contribution is 2.43. The van der Waals surface area contributed by atoms with Crippen molar-refractivity contribution < 1.29 is 23.1 Å². The van der Waals surface area contributed by atoms with Crippen molar-refractivity contribution in [1.29, 1.82) is 0 Å². The summed E-state index contributed by atoms with van der Waals surface area (Å²) >= 11 is 0. The zero-order valence-corrected chi connectivity index (χ0v) is 23.1. The highest BCUT2D eigenvalue weighted by Gasteiger charge is 2.31. The lowest BCUT2D eigenvalue weighted by Crippen LogP contribution is -2.29. The Morgan fingerprint density at radius 1 is 1.25 bits per heavy atom. The summed E-state index contributed by atoms with van der Waals surface area (Å²) in [5.41, 5.74) is 7.40. The second-order valence-corrected chi connectivity index (χ2v) is 10.6. The van der Waals surface area contributed by atoms with Gasteiger partial charge in [-0.2, -0.15) is 0 Å². The molecule has 1 heterocycles. The number of amides is 2. The largest absolute Gasteiger partial charge is 0.486 e. The predicted molar refractivity (Wildman–Crippen MR) is 150 cm³/mol. The van der Waals surface area contributed by atoms with Crippen molar-refractivity contribution in [1.82, 2.24) is 14.9 Å². The van der Waals surface area contributed by atoms with Crippen molar-refractivity contribution in [3.8, 4) is 17.0 Å². The van der Waals surface area contributed by atoms with Crippen molar-refractivity contribution in [2.45, 2.75) is 33.6 Å². The molecule has 0 saturated heterocycles. The number of halogens is 2. The number of hydrogen-bond acceptors (Lipinski definition) is 6. The number of carbonyl (C=O) groups is 2. The molecule has 0 bridgehead atoms. The van der Waals surface area contributed by atoms with Gasteiger partial charge < -0.3 is 20.7 Å². The van der Waals surface area contributed by atoms with Crippen LogP contribution in [0, 0.1) is 24.1 Å². The summed E-state index contributed by atoms with van der Waals surface area (Å²) in [5, 5.41) is 2.68. The summed E-state index contributed by atoms with van der Waals surface area (Å²) in [6.45, 7) is 9.23. The molecule has 1 aromatic heterocycles. The van der Waals surface area contributed by atoms with Gasteiger partial charge in [0.15, 0.2) is 11.6 Å². The average Bonchev–Trinajstić information content (AvgIpc) is 3.75. The van der Waals surface area contributed by atoms with Crippen molar-refractivity contribution in [3.63, 3.8) is 0 Å². The Balaban J connectivity index is 1.63. The van der Waals surface area contributed by atoms with Gasteiger partial charge in [-0.3, -0.25) is 9.59 Å². The molecule has 0 aliphatic heterocycles. The van der Waals surface area contributed by atoms with Crippen LogP contribution in [0.15, 0.2) is 66.3 Å². The molecule has 210 valence electrons. The lowest BCUT2D eigenvalue weighted by Gasteiger charge is -2.19. The van der Waals surface area contributed by atoms with E-state index >= 15 is 4.39 Å². The van der Waals surface area contributed by atoms with Gasteiger partial charge in [0.2, 0.25) is 5.91 Å². The van der Waals surface area contributed by atoms with Crippen LogP contribution in [0.1, 0.15) is 32.3 Å². The maximum atomic E-state index is 15.3. The molecule has 40 heavy (non-hydrogen) atoms. The Kier molecular flexibility index (Phi) is 8.18. The first-order valence-electron chi connectivity index (χ1n) is 13.0. The second kappa shape index (κ2) is 11.4. The number of rotatable bonds is 9. The molecule has 2 amide bonds. The molecule has 4 rings (SSSR count). The quantitative estimate of drug-likeness (QED) is 0.411. The summed E-state index contributed by atoms with van der Waals surface area (Å²) in [6.07, 6.45) is 9.41. The highest BCUT2D eigenvalue weighted by molar-refractivity contribution is 6.07. The van der Waals surface area contributed by atoms with Gasteiger partial charge in [-0.1, -0.05) is 32.6 Å². The Morgan fingerprint density at radius 3 is 2.65 bits per heavy atom. The lowest BCUT2D eigenvalue weighted by molar-refractivity contribution is -0.125. The van der Waals surface area contributed by atoms with E-state index in [1.54, 1.807) is 20.0 Å². The van der Waals surface area contributed by atoms with Gasteiger partial charge in [0.25, 0.3) is 5.91 Å². The summed E-state index contributed by atoms with van der Waals surface area (Å²) in [6, 6.07) is 2.41. The second-order valence-electron chi connectivity index (χ2n) is 10.6. The Bertz CT molecular complexity index is 1460. The SMILES string of the molecule is C=CC(=O)N(C)CCOc1c(N)ncnc1-c1cc(F)cc(NC(=O)C2=CC(C)(C)C=C(C3CC3)C=C2F)c1C. The fourth-order valence-corrected chi connectivity index (χ4v) is 4.52. The molecular formula is C30H33F2N5O3. The number of nitrogen functional groups attached to an aromatic ring is 1. The van der Waals surface area contributed by atoms with E-state index < -0.39 is 23.0 Å². The van der Waals surface area contributed by atoms with E-state index in [0.29, 0.717) is 17.0 Å². The van der Waals surface area contributed by atoms with Crippen LogP contribution >= 0.6 is 0 Å². The molecule has 0 unspecified atom stereocenters. The average molecular weight is 550 g/mol.